The van der Waals surface area contributed by atoms with Gasteiger partial charge < -0.3 is 9.80 Å². The molecule has 2 aliphatic heterocycles. The molecule has 0 spiro atoms. The van der Waals surface area contributed by atoms with Crippen molar-refractivity contribution in [2.45, 2.75) is 25.8 Å². The van der Waals surface area contributed by atoms with Gasteiger partial charge in [-0.1, -0.05) is 18.2 Å². The third kappa shape index (κ3) is 3.29. The number of carbonyl (C=O) groups excluding carboxylic acids is 1. The van der Waals surface area contributed by atoms with Gasteiger partial charge in [0.15, 0.2) is 0 Å². The number of nitrogens with zero attached hydrogens (tertiary/aromatic N) is 5. The Morgan fingerprint density at radius 2 is 1.88 bits per heavy atom. The molecule has 1 saturated heterocycles. The number of hydrogen-bond donors (Lipinski definition) is 0. The number of para-hydroxylation sites is 1. The number of hydrogen-bond acceptors (Lipinski definition) is 5. The van der Waals surface area contributed by atoms with Crippen molar-refractivity contribution in [2.75, 3.05) is 42.5 Å². The van der Waals surface area contributed by atoms with Crippen LogP contribution in [0.1, 0.15) is 18.9 Å². The molecule has 1 aromatic carbocycles. The van der Waals surface area contributed by atoms with Gasteiger partial charge in [0.2, 0.25) is 5.91 Å². The summed E-state index contributed by atoms with van der Waals surface area (Å²) in [5.74, 6) is 1.13. The summed E-state index contributed by atoms with van der Waals surface area (Å²) in [5.41, 5.74) is 2.38. The van der Waals surface area contributed by atoms with Gasteiger partial charge in [0.1, 0.15) is 5.82 Å². The van der Waals surface area contributed by atoms with Crippen LogP contribution < -0.4 is 9.80 Å². The largest absolute Gasteiger partial charge is 0.353 e. The van der Waals surface area contributed by atoms with E-state index in [0.717, 1.165) is 57.1 Å². The number of anilines is 2. The minimum atomic E-state index is -0.106. The minimum Gasteiger partial charge on any atom is -0.353 e. The Balaban J connectivity index is 1.41. The van der Waals surface area contributed by atoms with Crippen LogP contribution in [0.25, 0.3) is 0 Å². The SMILES string of the molecule is C[C@H](C(=O)N1CCCc2ccccc21)N1CCN(c2cnccn2)CC1. The van der Waals surface area contributed by atoms with Gasteiger partial charge in [0.05, 0.1) is 12.2 Å². The van der Waals surface area contributed by atoms with E-state index in [4.69, 9.17) is 0 Å². The van der Waals surface area contributed by atoms with Gasteiger partial charge in [-0.15, -0.1) is 0 Å². The van der Waals surface area contributed by atoms with Crippen LogP contribution in [0.3, 0.4) is 0 Å². The highest BCUT2D eigenvalue weighted by molar-refractivity contribution is 5.98. The smallest absolute Gasteiger partial charge is 0.244 e. The van der Waals surface area contributed by atoms with E-state index >= 15 is 0 Å². The summed E-state index contributed by atoms with van der Waals surface area (Å²) in [5, 5.41) is 0. The molecule has 0 N–H and O–H groups in total. The Kier molecular flexibility index (Phi) is 4.84. The van der Waals surface area contributed by atoms with E-state index in [1.807, 2.05) is 17.9 Å². The van der Waals surface area contributed by atoms with Gasteiger partial charge in [0, 0.05) is 50.8 Å². The lowest BCUT2D eigenvalue weighted by Gasteiger charge is -2.40. The van der Waals surface area contributed by atoms with Gasteiger partial charge in [0.25, 0.3) is 0 Å². The second kappa shape index (κ2) is 7.41. The Bertz CT molecular complexity index is 758. The number of piperazine rings is 1. The third-order valence-corrected chi connectivity index (χ3v) is 5.47. The highest BCUT2D eigenvalue weighted by Gasteiger charge is 2.31. The Morgan fingerprint density at radius 1 is 1.08 bits per heavy atom. The molecule has 6 nitrogen and oxygen atoms in total. The molecule has 6 heteroatoms. The Hall–Kier alpha value is -2.47. The van der Waals surface area contributed by atoms with Crippen LogP contribution in [0.5, 0.6) is 0 Å². The van der Waals surface area contributed by atoms with Gasteiger partial charge in [-0.25, -0.2) is 4.98 Å². The maximum atomic E-state index is 13.2. The first-order chi connectivity index (χ1) is 12.7. The van der Waals surface area contributed by atoms with Gasteiger partial charge in [-0.05, 0) is 31.4 Å². The minimum absolute atomic E-state index is 0.106. The van der Waals surface area contributed by atoms with Crippen molar-refractivity contribution in [1.82, 2.24) is 14.9 Å². The standard InChI is InChI=1S/C20H25N5O/c1-16(20(26)25-10-4-6-17-5-2-3-7-18(17)25)23-11-13-24(14-12-23)19-15-21-8-9-22-19/h2-3,5,7-9,15-16H,4,6,10-14H2,1H3/t16-/m1/s1. The van der Waals surface area contributed by atoms with E-state index < -0.39 is 0 Å². The average Bonchev–Trinajstić information content (AvgIpc) is 2.73. The van der Waals surface area contributed by atoms with Crippen LogP contribution >= 0.6 is 0 Å². The molecule has 4 rings (SSSR count). The maximum Gasteiger partial charge on any atom is 0.244 e. The summed E-state index contributed by atoms with van der Waals surface area (Å²) in [6.45, 7) is 6.31. The monoisotopic (exact) mass is 351 g/mol. The van der Waals surface area contributed by atoms with Crippen LogP contribution in [-0.4, -0.2) is 59.5 Å². The van der Waals surface area contributed by atoms with Gasteiger partial charge >= 0.3 is 0 Å². The molecular weight excluding hydrogens is 326 g/mol. The van der Waals surface area contributed by atoms with Crippen molar-refractivity contribution in [3.63, 3.8) is 0 Å². The average molecular weight is 351 g/mol. The fraction of sp³-hybridized carbons (Fsp3) is 0.450. The van der Waals surface area contributed by atoms with Crippen molar-refractivity contribution in [2.24, 2.45) is 0 Å². The molecule has 1 amide bonds. The number of amides is 1. The molecule has 3 heterocycles. The number of aromatic nitrogens is 2. The molecule has 0 unspecified atom stereocenters. The van der Waals surface area contributed by atoms with Crippen LogP contribution in [-0.2, 0) is 11.2 Å². The molecule has 0 aliphatic carbocycles. The second-order valence-corrected chi connectivity index (χ2v) is 6.98. The van der Waals surface area contributed by atoms with Gasteiger partial charge in [-0.3, -0.25) is 14.7 Å². The van der Waals surface area contributed by atoms with E-state index in [9.17, 15) is 4.79 Å². The molecule has 1 atom stereocenters. The summed E-state index contributed by atoms with van der Waals surface area (Å²) >= 11 is 0. The molecule has 136 valence electrons. The lowest BCUT2D eigenvalue weighted by atomic mass is 10.0. The topological polar surface area (TPSA) is 52.6 Å². The second-order valence-electron chi connectivity index (χ2n) is 6.98. The third-order valence-electron chi connectivity index (χ3n) is 5.47. The summed E-state index contributed by atoms with van der Waals surface area (Å²) in [7, 11) is 0. The molecule has 1 aromatic heterocycles. The fourth-order valence-corrected chi connectivity index (χ4v) is 3.94. The molecule has 2 aliphatic rings. The molecule has 0 radical (unpaired) electrons. The Morgan fingerprint density at radius 3 is 2.65 bits per heavy atom. The summed E-state index contributed by atoms with van der Waals surface area (Å²) in [6, 6.07) is 8.19. The first kappa shape index (κ1) is 17.0. The summed E-state index contributed by atoms with van der Waals surface area (Å²) < 4.78 is 0. The molecule has 0 saturated carbocycles. The van der Waals surface area contributed by atoms with Gasteiger partial charge in [-0.2, -0.15) is 0 Å². The fourth-order valence-electron chi connectivity index (χ4n) is 3.94. The van der Waals surface area contributed by atoms with Crippen molar-refractivity contribution in [3.8, 4) is 0 Å². The highest BCUT2D eigenvalue weighted by atomic mass is 16.2. The molecular formula is C20H25N5O. The number of benzene rings is 1. The zero-order chi connectivity index (χ0) is 17.9. The summed E-state index contributed by atoms with van der Waals surface area (Å²) in [6.07, 6.45) is 7.31. The van der Waals surface area contributed by atoms with Crippen molar-refractivity contribution in [1.29, 1.82) is 0 Å². The number of rotatable bonds is 3. The van der Waals surface area contributed by atoms with E-state index in [-0.39, 0.29) is 11.9 Å². The predicted molar refractivity (Wildman–Crippen MR) is 102 cm³/mol. The normalized spacial score (nSPS) is 19.1. The molecule has 26 heavy (non-hydrogen) atoms. The van der Waals surface area contributed by atoms with E-state index in [1.165, 1.54) is 5.56 Å². The van der Waals surface area contributed by atoms with Crippen LogP contribution in [0, 0.1) is 0 Å². The first-order valence-corrected chi connectivity index (χ1v) is 9.38. The molecule has 1 fully saturated rings. The van der Waals surface area contributed by atoms with Crippen molar-refractivity contribution < 1.29 is 4.79 Å². The zero-order valence-electron chi connectivity index (χ0n) is 15.2. The van der Waals surface area contributed by atoms with Crippen molar-refractivity contribution in [3.05, 3.63) is 48.4 Å². The predicted octanol–water partition coefficient (Wildman–Crippen LogP) is 1.97. The van der Waals surface area contributed by atoms with E-state index in [0.29, 0.717) is 0 Å². The van der Waals surface area contributed by atoms with Crippen LogP contribution in [0.4, 0.5) is 11.5 Å². The van der Waals surface area contributed by atoms with E-state index in [2.05, 4.69) is 38.0 Å². The van der Waals surface area contributed by atoms with Crippen LogP contribution in [0.15, 0.2) is 42.9 Å². The Labute approximate surface area is 154 Å². The highest BCUT2D eigenvalue weighted by Crippen LogP contribution is 2.28. The summed E-state index contributed by atoms with van der Waals surface area (Å²) in [4.78, 5) is 28.2. The lowest BCUT2D eigenvalue weighted by Crippen LogP contribution is -2.55. The van der Waals surface area contributed by atoms with E-state index in [1.54, 1.807) is 18.6 Å². The van der Waals surface area contributed by atoms with Crippen LogP contribution in [0.2, 0.25) is 0 Å². The quantitative estimate of drug-likeness (QED) is 0.846. The first-order valence-electron chi connectivity index (χ1n) is 9.38. The maximum absolute atomic E-state index is 13.2. The number of carbonyl (C=O) groups is 1. The van der Waals surface area contributed by atoms with Crippen molar-refractivity contribution >= 4 is 17.4 Å². The molecule has 2 aromatic rings. The zero-order valence-corrected chi connectivity index (χ0v) is 15.2. The lowest BCUT2D eigenvalue weighted by molar-refractivity contribution is -0.123. The number of fused-ring (bicyclic) bond motifs is 1. The number of aryl methyl sites for hydroxylation is 1. The molecule has 0 bridgehead atoms.